The van der Waals surface area contributed by atoms with Crippen LogP contribution in [0, 0.1) is 0 Å². The molecule has 128 valence electrons. The molecule has 1 aliphatic carbocycles. The highest BCUT2D eigenvalue weighted by atomic mass is 32.2. The Morgan fingerprint density at radius 3 is 2.22 bits per heavy atom. The number of hydrogen-bond donors (Lipinski definition) is 1. The topological polar surface area (TPSA) is 69.7 Å². The lowest BCUT2D eigenvalue weighted by molar-refractivity contribution is 0.0951. The van der Waals surface area contributed by atoms with Crippen molar-refractivity contribution < 1.29 is 13.2 Å². The van der Waals surface area contributed by atoms with Gasteiger partial charge in [-0.1, -0.05) is 26.0 Å². The molecule has 7 heteroatoms. The Labute approximate surface area is 138 Å². The second kappa shape index (κ2) is 7.42. The summed E-state index contributed by atoms with van der Waals surface area (Å²) in [4.78, 5) is 11.9. The standard InChI is InChI=1S/C16H25N3O3S/c1-4-19(5-2)23(21,22)18(3)12-13-6-8-14(9-7-13)16(20)17-15-10-11-15/h6-9,15H,4-5,10-12H2,1-3H3,(H,17,20). The molecule has 1 aliphatic rings. The van der Waals surface area contributed by atoms with Gasteiger partial charge >= 0.3 is 0 Å². The quantitative estimate of drug-likeness (QED) is 0.782. The van der Waals surface area contributed by atoms with Gasteiger partial charge in [0.2, 0.25) is 0 Å². The van der Waals surface area contributed by atoms with Crippen LogP contribution < -0.4 is 5.32 Å². The molecule has 0 aromatic heterocycles. The maximum Gasteiger partial charge on any atom is 0.282 e. The van der Waals surface area contributed by atoms with E-state index in [1.54, 1.807) is 31.3 Å². The Bertz CT molecular complexity index is 635. The average molecular weight is 339 g/mol. The molecule has 1 aromatic carbocycles. The van der Waals surface area contributed by atoms with E-state index in [0.717, 1.165) is 18.4 Å². The van der Waals surface area contributed by atoms with E-state index in [4.69, 9.17) is 0 Å². The molecule has 1 aromatic rings. The van der Waals surface area contributed by atoms with Crippen molar-refractivity contribution >= 4 is 16.1 Å². The van der Waals surface area contributed by atoms with Gasteiger partial charge in [0.25, 0.3) is 16.1 Å². The van der Waals surface area contributed by atoms with Gasteiger partial charge in [-0.2, -0.15) is 17.0 Å². The predicted molar refractivity (Wildman–Crippen MR) is 90.2 cm³/mol. The highest BCUT2D eigenvalue weighted by Crippen LogP contribution is 2.19. The summed E-state index contributed by atoms with van der Waals surface area (Å²) in [5.41, 5.74) is 1.46. The third-order valence-electron chi connectivity index (χ3n) is 3.96. The summed E-state index contributed by atoms with van der Waals surface area (Å²) in [7, 11) is -1.88. The van der Waals surface area contributed by atoms with E-state index in [1.807, 2.05) is 13.8 Å². The Hall–Kier alpha value is -1.44. The molecule has 1 fully saturated rings. The van der Waals surface area contributed by atoms with E-state index < -0.39 is 10.2 Å². The van der Waals surface area contributed by atoms with Crippen LogP contribution in [0.2, 0.25) is 0 Å². The number of benzene rings is 1. The van der Waals surface area contributed by atoms with Crippen LogP contribution in [0.1, 0.15) is 42.6 Å². The minimum absolute atomic E-state index is 0.0665. The minimum Gasteiger partial charge on any atom is -0.349 e. The number of carbonyl (C=O) groups is 1. The summed E-state index contributed by atoms with van der Waals surface area (Å²) < 4.78 is 27.5. The van der Waals surface area contributed by atoms with E-state index in [-0.39, 0.29) is 12.5 Å². The second-order valence-corrected chi connectivity index (χ2v) is 7.83. The highest BCUT2D eigenvalue weighted by Gasteiger charge is 2.25. The molecular weight excluding hydrogens is 314 g/mol. The fourth-order valence-electron chi connectivity index (χ4n) is 2.34. The first-order chi connectivity index (χ1) is 10.9. The van der Waals surface area contributed by atoms with Gasteiger partial charge in [0.1, 0.15) is 0 Å². The average Bonchev–Trinajstić information content (AvgIpc) is 3.32. The lowest BCUT2D eigenvalue weighted by atomic mass is 10.1. The molecule has 1 saturated carbocycles. The molecule has 0 spiro atoms. The van der Waals surface area contributed by atoms with Gasteiger partial charge in [-0.15, -0.1) is 0 Å². The summed E-state index contributed by atoms with van der Waals surface area (Å²) in [6.45, 7) is 4.82. The van der Waals surface area contributed by atoms with Gasteiger partial charge in [-0.25, -0.2) is 0 Å². The number of rotatable bonds is 8. The zero-order valence-corrected chi connectivity index (χ0v) is 14.8. The van der Waals surface area contributed by atoms with Crippen LogP contribution in [0.15, 0.2) is 24.3 Å². The summed E-state index contributed by atoms with van der Waals surface area (Å²) >= 11 is 0. The van der Waals surface area contributed by atoms with E-state index in [0.29, 0.717) is 24.7 Å². The van der Waals surface area contributed by atoms with Crippen LogP contribution in [0.5, 0.6) is 0 Å². The normalized spacial score (nSPS) is 15.2. The summed E-state index contributed by atoms with van der Waals surface area (Å²) in [6, 6.07) is 7.41. The van der Waals surface area contributed by atoms with Crippen LogP contribution in [0.3, 0.4) is 0 Å². The van der Waals surface area contributed by atoms with Crippen LogP contribution >= 0.6 is 0 Å². The number of hydrogen-bond acceptors (Lipinski definition) is 3. The molecule has 23 heavy (non-hydrogen) atoms. The zero-order valence-electron chi connectivity index (χ0n) is 13.9. The van der Waals surface area contributed by atoms with Crippen molar-refractivity contribution in [2.45, 2.75) is 39.3 Å². The molecule has 0 aliphatic heterocycles. The summed E-state index contributed by atoms with van der Waals surface area (Å²) in [6.07, 6.45) is 2.11. The SMILES string of the molecule is CCN(CC)S(=O)(=O)N(C)Cc1ccc(C(=O)NC2CC2)cc1. The van der Waals surface area contributed by atoms with Gasteiger partial charge in [0.15, 0.2) is 0 Å². The largest absolute Gasteiger partial charge is 0.349 e. The van der Waals surface area contributed by atoms with Crippen LogP contribution in [-0.4, -0.2) is 49.1 Å². The van der Waals surface area contributed by atoms with E-state index in [1.165, 1.54) is 8.61 Å². The van der Waals surface area contributed by atoms with Crippen molar-refractivity contribution in [2.75, 3.05) is 20.1 Å². The number of amides is 1. The van der Waals surface area contributed by atoms with E-state index in [9.17, 15) is 13.2 Å². The minimum atomic E-state index is -3.45. The van der Waals surface area contributed by atoms with Crippen LogP contribution in [0.4, 0.5) is 0 Å². The third kappa shape index (κ3) is 4.53. The first-order valence-electron chi connectivity index (χ1n) is 7.99. The van der Waals surface area contributed by atoms with Crippen molar-refractivity contribution in [3.63, 3.8) is 0 Å². The maximum atomic E-state index is 12.4. The van der Waals surface area contributed by atoms with Gasteiger partial charge in [0, 0.05) is 38.3 Å². The molecular formula is C16H25N3O3S. The molecule has 0 saturated heterocycles. The lowest BCUT2D eigenvalue weighted by Crippen LogP contribution is -2.41. The van der Waals surface area contributed by atoms with Crippen molar-refractivity contribution in [3.8, 4) is 0 Å². The molecule has 0 unspecified atom stereocenters. The van der Waals surface area contributed by atoms with Gasteiger partial charge < -0.3 is 5.32 Å². The smallest absolute Gasteiger partial charge is 0.282 e. The molecule has 0 bridgehead atoms. The first-order valence-corrected chi connectivity index (χ1v) is 9.39. The maximum absolute atomic E-state index is 12.4. The van der Waals surface area contributed by atoms with Crippen molar-refractivity contribution in [3.05, 3.63) is 35.4 Å². The van der Waals surface area contributed by atoms with Crippen molar-refractivity contribution in [1.82, 2.24) is 13.9 Å². The fourth-order valence-corrected chi connectivity index (χ4v) is 3.70. The van der Waals surface area contributed by atoms with Crippen LogP contribution in [-0.2, 0) is 16.8 Å². The Balaban J connectivity index is 2.00. The highest BCUT2D eigenvalue weighted by molar-refractivity contribution is 7.86. The third-order valence-corrected chi connectivity index (χ3v) is 6.05. The van der Waals surface area contributed by atoms with Crippen molar-refractivity contribution in [2.24, 2.45) is 0 Å². The molecule has 6 nitrogen and oxygen atoms in total. The summed E-state index contributed by atoms with van der Waals surface area (Å²) in [5, 5.41) is 2.93. The van der Waals surface area contributed by atoms with E-state index >= 15 is 0 Å². The Morgan fingerprint density at radius 1 is 1.17 bits per heavy atom. The van der Waals surface area contributed by atoms with E-state index in [2.05, 4.69) is 5.32 Å². The van der Waals surface area contributed by atoms with Gasteiger partial charge in [-0.05, 0) is 30.5 Å². The summed E-state index contributed by atoms with van der Waals surface area (Å²) in [5.74, 6) is -0.0665. The zero-order chi connectivity index (χ0) is 17.0. The van der Waals surface area contributed by atoms with Gasteiger partial charge in [0.05, 0.1) is 0 Å². The fraction of sp³-hybridized carbons (Fsp3) is 0.562. The number of nitrogens with one attached hydrogen (secondary N) is 1. The lowest BCUT2D eigenvalue weighted by Gasteiger charge is -2.25. The molecule has 1 amide bonds. The Kier molecular flexibility index (Phi) is 5.78. The second-order valence-electron chi connectivity index (χ2n) is 5.79. The Morgan fingerprint density at radius 2 is 1.74 bits per heavy atom. The van der Waals surface area contributed by atoms with Gasteiger partial charge in [-0.3, -0.25) is 4.79 Å². The number of nitrogens with zero attached hydrogens (tertiary/aromatic N) is 2. The monoisotopic (exact) mass is 339 g/mol. The van der Waals surface area contributed by atoms with Crippen LogP contribution in [0.25, 0.3) is 0 Å². The van der Waals surface area contributed by atoms with Crippen molar-refractivity contribution in [1.29, 1.82) is 0 Å². The molecule has 0 heterocycles. The molecule has 2 rings (SSSR count). The first kappa shape index (κ1) is 17.9. The predicted octanol–water partition coefficient (Wildman–Crippen LogP) is 1.60. The molecule has 0 atom stereocenters. The number of carbonyl (C=O) groups excluding carboxylic acids is 1. The molecule has 0 radical (unpaired) electrons. The molecule has 1 N–H and O–H groups in total.